The Bertz CT molecular complexity index is 608. The van der Waals surface area contributed by atoms with E-state index in [1.165, 1.54) is 12.1 Å². The Morgan fingerprint density at radius 2 is 2.16 bits per heavy atom. The molecule has 0 spiro atoms. The standard InChI is InChI=1S/C13H13FN2O3/c1-16(2)7-9-4-3-8(5-10(9)14)12-6-11(13(17)18)15-19-12/h3-6H,7H2,1-2H3,(H,17,18). The van der Waals surface area contributed by atoms with E-state index >= 15 is 0 Å². The van der Waals surface area contributed by atoms with Gasteiger partial charge in [-0.15, -0.1) is 0 Å². The predicted molar refractivity (Wildman–Crippen MR) is 66.2 cm³/mol. The Morgan fingerprint density at radius 3 is 2.68 bits per heavy atom. The van der Waals surface area contributed by atoms with Crippen molar-refractivity contribution in [2.75, 3.05) is 14.1 Å². The normalized spacial score (nSPS) is 10.9. The topological polar surface area (TPSA) is 66.6 Å². The molecule has 1 aromatic carbocycles. The van der Waals surface area contributed by atoms with Crippen molar-refractivity contribution >= 4 is 5.97 Å². The summed E-state index contributed by atoms with van der Waals surface area (Å²) >= 11 is 0. The van der Waals surface area contributed by atoms with Crippen molar-refractivity contribution in [3.63, 3.8) is 0 Å². The second-order valence-electron chi connectivity index (χ2n) is 4.43. The molecule has 6 heteroatoms. The van der Waals surface area contributed by atoms with Crippen LogP contribution in [0.1, 0.15) is 16.1 Å². The Morgan fingerprint density at radius 1 is 1.42 bits per heavy atom. The molecule has 0 fully saturated rings. The number of carboxylic acids is 1. The summed E-state index contributed by atoms with van der Waals surface area (Å²) in [5.74, 6) is -1.31. The van der Waals surface area contributed by atoms with E-state index in [1.807, 2.05) is 19.0 Å². The van der Waals surface area contributed by atoms with Crippen LogP contribution < -0.4 is 0 Å². The van der Waals surface area contributed by atoms with Crippen LogP contribution in [0.15, 0.2) is 28.8 Å². The lowest BCUT2D eigenvalue weighted by molar-refractivity contribution is 0.0686. The van der Waals surface area contributed by atoms with Crippen LogP contribution >= 0.6 is 0 Å². The highest BCUT2D eigenvalue weighted by Crippen LogP contribution is 2.23. The van der Waals surface area contributed by atoms with Gasteiger partial charge in [0.1, 0.15) is 5.82 Å². The van der Waals surface area contributed by atoms with Gasteiger partial charge in [-0.1, -0.05) is 17.3 Å². The summed E-state index contributed by atoms with van der Waals surface area (Å²) in [6.45, 7) is 0.489. The molecule has 0 aliphatic carbocycles. The molecule has 0 bridgehead atoms. The average molecular weight is 264 g/mol. The van der Waals surface area contributed by atoms with Gasteiger partial charge in [0, 0.05) is 23.7 Å². The smallest absolute Gasteiger partial charge is 0.358 e. The van der Waals surface area contributed by atoms with Crippen LogP contribution in [-0.4, -0.2) is 35.2 Å². The summed E-state index contributed by atoms with van der Waals surface area (Å²) in [7, 11) is 3.70. The first-order valence-corrected chi connectivity index (χ1v) is 5.61. The number of benzene rings is 1. The SMILES string of the molecule is CN(C)Cc1ccc(-c2cc(C(=O)O)no2)cc1F. The molecular weight excluding hydrogens is 251 g/mol. The van der Waals surface area contributed by atoms with Gasteiger partial charge >= 0.3 is 5.97 Å². The molecule has 0 amide bonds. The van der Waals surface area contributed by atoms with Crippen molar-refractivity contribution in [2.45, 2.75) is 6.54 Å². The number of aromatic carboxylic acids is 1. The quantitative estimate of drug-likeness (QED) is 0.917. The summed E-state index contributed by atoms with van der Waals surface area (Å²) in [6.07, 6.45) is 0. The minimum atomic E-state index is -1.18. The first-order chi connectivity index (χ1) is 8.97. The molecule has 2 rings (SSSR count). The fourth-order valence-corrected chi connectivity index (χ4v) is 1.68. The maximum atomic E-state index is 13.9. The van der Waals surface area contributed by atoms with E-state index in [2.05, 4.69) is 5.16 Å². The molecule has 1 heterocycles. The summed E-state index contributed by atoms with van der Waals surface area (Å²) in [5.41, 5.74) is 0.819. The Kier molecular flexibility index (Phi) is 3.62. The summed E-state index contributed by atoms with van der Waals surface area (Å²) < 4.78 is 18.7. The highest BCUT2D eigenvalue weighted by Gasteiger charge is 2.13. The molecule has 0 saturated carbocycles. The van der Waals surface area contributed by atoms with Crippen molar-refractivity contribution in [1.82, 2.24) is 10.1 Å². The number of aromatic nitrogens is 1. The maximum absolute atomic E-state index is 13.9. The van der Waals surface area contributed by atoms with Gasteiger partial charge in [0.05, 0.1) is 0 Å². The number of hydrogen-bond donors (Lipinski definition) is 1. The van der Waals surface area contributed by atoms with Crippen LogP contribution in [0, 0.1) is 5.82 Å². The predicted octanol–water partition coefficient (Wildman–Crippen LogP) is 2.24. The highest BCUT2D eigenvalue weighted by atomic mass is 19.1. The molecule has 0 aliphatic heterocycles. The van der Waals surface area contributed by atoms with Gasteiger partial charge in [-0.3, -0.25) is 0 Å². The number of halogens is 1. The number of carbonyl (C=O) groups is 1. The lowest BCUT2D eigenvalue weighted by atomic mass is 10.1. The zero-order valence-corrected chi connectivity index (χ0v) is 10.6. The Hall–Kier alpha value is -2.21. The molecule has 100 valence electrons. The number of carboxylic acid groups (broad SMARTS) is 1. The lowest BCUT2D eigenvalue weighted by Gasteiger charge is -2.10. The number of rotatable bonds is 4. The number of hydrogen-bond acceptors (Lipinski definition) is 4. The van der Waals surface area contributed by atoms with Gasteiger partial charge in [-0.05, 0) is 20.2 Å². The summed E-state index contributed by atoms with van der Waals surface area (Å²) in [5, 5.41) is 12.1. The maximum Gasteiger partial charge on any atom is 0.358 e. The molecule has 0 radical (unpaired) electrons. The van der Waals surface area contributed by atoms with Crippen LogP contribution in [0.5, 0.6) is 0 Å². The molecule has 0 atom stereocenters. The molecule has 0 unspecified atom stereocenters. The molecule has 1 N–H and O–H groups in total. The second kappa shape index (κ2) is 5.19. The second-order valence-corrected chi connectivity index (χ2v) is 4.43. The first kappa shape index (κ1) is 13.2. The zero-order chi connectivity index (χ0) is 14.0. The monoisotopic (exact) mass is 264 g/mol. The van der Waals surface area contributed by atoms with Gasteiger partial charge in [0.2, 0.25) is 0 Å². The van der Waals surface area contributed by atoms with Crippen LogP contribution in [0.25, 0.3) is 11.3 Å². The van der Waals surface area contributed by atoms with Gasteiger partial charge in [0.25, 0.3) is 0 Å². The molecular formula is C13H13FN2O3. The van der Waals surface area contributed by atoms with E-state index in [9.17, 15) is 9.18 Å². The number of nitrogens with zero attached hydrogens (tertiary/aromatic N) is 2. The molecule has 1 aromatic heterocycles. The third-order valence-electron chi connectivity index (χ3n) is 2.55. The van der Waals surface area contributed by atoms with Gasteiger partial charge in [-0.25, -0.2) is 9.18 Å². The van der Waals surface area contributed by atoms with Gasteiger partial charge < -0.3 is 14.5 Å². The molecule has 5 nitrogen and oxygen atoms in total. The Labute approximate surface area is 109 Å². The third-order valence-corrected chi connectivity index (χ3v) is 2.55. The van der Waals surface area contributed by atoms with Crippen LogP contribution in [0.3, 0.4) is 0 Å². The largest absolute Gasteiger partial charge is 0.476 e. The van der Waals surface area contributed by atoms with Crippen molar-refractivity contribution < 1.29 is 18.8 Å². The van der Waals surface area contributed by atoms with Crippen LogP contribution in [0.4, 0.5) is 4.39 Å². The molecule has 0 aliphatic rings. The molecule has 2 aromatic rings. The average Bonchev–Trinajstić information content (AvgIpc) is 2.80. The summed E-state index contributed by atoms with van der Waals surface area (Å²) in [4.78, 5) is 12.5. The van der Waals surface area contributed by atoms with E-state index in [0.29, 0.717) is 17.7 Å². The van der Waals surface area contributed by atoms with Gasteiger partial charge in [-0.2, -0.15) is 0 Å². The van der Waals surface area contributed by atoms with Crippen molar-refractivity contribution in [1.29, 1.82) is 0 Å². The van der Waals surface area contributed by atoms with E-state index in [1.54, 1.807) is 12.1 Å². The first-order valence-electron chi connectivity index (χ1n) is 5.61. The van der Waals surface area contributed by atoms with Crippen molar-refractivity contribution in [3.05, 3.63) is 41.3 Å². The van der Waals surface area contributed by atoms with Crippen molar-refractivity contribution in [3.8, 4) is 11.3 Å². The zero-order valence-electron chi connectivity index (χ0n) is 10.6. The van der Waals surface area contributed by atoms with Crippen molar-refractivity contribution in [2.24, 2.45) is 0 Å². The molecule has 19 heavy (non-hydrogen) atoms. The van der Waals surface area contributed by atoms with Crippen LogP contribution in [-0.2, 0) is 6.54 Å². The highest BCUT2D eigenvalue weighted by molar-refractivity contribution is 5.86. The van der Waals surface area contributed by atoms with E-state index in [0.717, 1.165) is 0 Å². The third kappa shape index (κ3) is 2.97. The van der Waals surface area contributed by atoms with Crippen LogP contribution in [0.2, 0.25) is 0 Å². The minimum Gasteiger partial charge on any atom is -0.476 e. The molecule has 0 saturated heterocycles. The fourth-order valence-electron chi connectivity index (χ4n) is 1.68. The van der Waals surface area contributed by atoms with E-state index < -0.39 is 5.97 Å². The fraction of sp³-hybridized carbons (Fsp3) is 0.231. The van der Waals surface area contributed by atoms with E-state index in [4.69, 9.17) is 9.63 Å². The Balaban J connectivity index is 2.30. The minimum absolute atomic E-state index is 0.201. The lowest BCUT2D eigenvalue weighted by Crippen LogP contribution is -2.11. The van der Waals surface area contributed by atoms with Gasteiger partial charge in [0.15, 0.2) is 11.5 Å². The summed E-state index contributed by atoms with van der Waals surface area (Å²) in [6, 6.07) is 5.90. The van der Waals surface area contributed by atoms with E-state index in [-0.39, 0.29) is 17.3 Å².